The summed E-state index contributed by atoms with van der Waals surface area (Å²) >= 11 is 3.90. The highest BCUT2D eigenvalue weighted by atomic mass is 32.1. The zero-order chi connectivity index (χ0) is 36.6. The molecule has 270 valence electrons. The van der Waals surface area contributed by atoms with Gasteiger partial charge in [0.2, 0.25) is 29.5 Å². The fourth-order valence-corrected chi connectivity index (χ4v) is 4.33. The van der Waals surface area contributed by atoms with Crippen molar-refractivity contribution in [1.29, 1.82) is 0 Å². The first-order valence-electron chi connectivity index (χ1n) is 14.9. The Balaban J connectivity index is 3.25. The molecule has 20 nitrogen and oxygen atoms in total. The van der Waals surface area contributed by atoms with E-state index in [1.807, 2.05) is 0 Å². The number of rotatable bonds is 22. The average molecular weight is 704 g/mol. The molecule has 8 atom stereocenters. The quantitative estimate of drug-likeness (QED) is 0.0398. The summed E-state index contributed by atoms with van der Waals surface area (Å²) in [5, 5.41) is 50.2. The van der Waals surface area contributed by atoms with E-state index in [4.69, 9.17) is 11.5 Å². The Hall–Kier alpha value is -4.31. The maximum absolute atomic E-state index is 13.4. The second kappa shape index (κ2) is 20.8. The highest BCUT2D eigenvalue weighted by Gasteiger charge is 2.35. The number of imidazole rings is 1. The number of hydrogen-bond acceptors (Lipinski definition) is 13. The van der Waals surface area contributed by atoms with E-state index in [9.17, 15) is 54.0 Å². The Morgan fingerprint density at radius 3 is 1.85 bits per heavy atom. The molecule has 1 heterocycles. The Bertz CT molecular complexity index is 1250. The van der Waals surface area contributed by atoms with E-state index < -0.39 is 96.4 Å². The lowest BCUT2D eigenvalue weighted by molar-refractivity contribution is -0.145. The van der Waals surface area contributed by atoms with Crippen LogP contribution in [0.15, 0.2) is 12.5 Å². The lowest BCUT2D eigenvalue weighted by Crippen LogP contribution is -2.62. The van der Waals surface area contributed by atoms with Crippen LogP contribution in [0.4, 0.5) is 0 Å². The fraction of sp³-hybridized carbons (Fsp3) is 0.630. The number of unbranched alkanes of at least 4 members (excludes halogenated alkanes) is 1. The maximum atomic E-state index is 13.4. The first kappa shape index (κ1) is 41.7. The molecule has 1 aromatic heterocycles. The number of nitrogens with zero attached hydrogens (tertiary/aromatic N) is 1. The zero-order valence-corrected chi connectivity index (χ0v) is 27.3. The van der Waals surface area contributed by atoms with Gasteiger partial charge in [-0.15, -0.1) is 0 Å². The topological polar surface area (TPSA) is 341 Å². The average Bonchev–Trinajstić information content (AvgIpc) is 3.52. The predicted molar refractivity (Wildman–Crippen MR) is 170 cm³/mol. The third-order valence-corrected chi connectivity index (χ3v) is 7.23. The van der Waals surface area contributed by atoms with E-state index >= 15 is 0 Å². The fourth-order valence-electron chi connectivity index (χ4n) is 4.16. The van der Waals surface area contributed by atoms with Crippen LogP contribution in [0, 0.1) is 0 Å². The van der Waals surface area contributed by atoms with Gasteiger partial charge >= 0.3 is 11.9 Å². The number of carboxylic acid groups (broad SMARTS) is 2. The van der Waals surface area contributed by atoms with Crippen molar-refractivity contribution in [2.45, 2.75) is 94.4 Å². The smallest absolute Gasteiger partial charge is 0.328 e. The summed E-state index contributed by atoms with van der Waals surface area (Å²) in [5.41, 5.74) is 11.4. The van der Waals surface area contributed by atoms with E-state index in [1.54, 1.807) is 0 Å². The van der Waals surface area contributed by atoms with Crippen molar-refractivity contribution in [3.63, 3.8) is 0 Å². The van der Waals surface area contributed by atoms with Gasteiger partial charge in [-0.2, -0.15) is 12.6 Å². The first-order valence-corrected chi connectivity index (χ1v) is 15.5. The number of aliphatic carboxylic acids is 2. The van der Waals surface area contributed by atoms with Crippen molar-refractivity contribution in [3.05, 3.63) is 18.2 Å². The van der Waals surface area contributed by atoms with Crippen LogP contribution in [-0.4, -0.2) is 133 Å². The third-order valence-electron chi connectivity index (χ3n) is 6.84. The summed E-state index contributed by atoms with van der Waals surface area (Å²) in [7, 11) is 0. The molecule has 0 aromatic carbocycles. The van der Waals surface area contributed by atoms with E-state index in [0.717, 1.165) is 13.8 Å². The normalized spacial score (nSPS) is 16.1. The SMILES string of the molecule is CC(O)C(NC(=O)C(Cc1c[nH]cn1)NC(=O)C(NC(=O)C(CCCCN)NC(=O)C(CC(=O)O)NC(=O)C(N)CS)C(C)O)C(=O)O. The second-order valence-electron chi connectivity index (χ2n) is 10.9. The lowest BCUT2D eigenvalue weighted by atomic mass is 10.0. The van der Waals surface area contributed by atoms with Crippen LogP contribution in [0.2, 0.25) is 0 Å². The third kappa shape index (κ3) is 14.2. The Labute approximate surface area is 281 Å². The number of nitrogens with two attached hydrogens (primary N) is 2. The van der Waals surface area contributed by atoms with E-state index in [1.165, 1.54) is 12.5 Å². The van der Waals surface area contributed by atoms with E-state index in [0.29, 0.717) is 12.8 Å². The molecule has 0 aliphatic rings. The van der Waals surface area contributed by atoms with Crippen LogP contribution in [0.3, 0.4) is 0 Å². The van der Waals surface area contributed by atoms with Gasteiger partial charge in [0.15, 0.2) is 6.04 Å². The number of aromatic nitrogens is 2. The summed E-state index contributed by atoms with van der Waals surface area (Å²) in [6, 6.07) is -9.16. The highest BCUT2D eigenvalue weighted by Crippen LogP contribution is 2.07. The Kier molecular flexibility index (Phi) is 18.1. The summed E-state index contributed by atoms with van der Waals surface area (Å²) < 4.78 is 0. The molecule has 1 aromatic rings. The number of carbonyl (C=O) groups is 7. The largest absolute Gasteiger partial charge is 0.481 e. The zero-order valence-electron chi connectivity index (χ0n) is 26.4. The minimum atomic E-state index is -1.73. The van der Waals surface area contributed by atoms with Gasteiger partial charge < -0.3 is 63.5 Å². The van der Waals surface area contributed by atoms with Gasteiger partial charge in [-0.25, -0.2) is 9.78 Å². The molecular formula is C27H45N9O11S. The Morgan fingerprint density at radius 2 is 1.35 bits per heavy atom. The summed E-state index contributed by atoms with van der Waals surface area (Å²) in [4.78, 5) is 94.8. The molecule has 0 aliphatic heterocycles. The number of thiol groups is 1. The molecule has 1 rings (SSSR count). The molecule has 0 aliphatic carbocycles. The number of amides is 5. The number of carbonyl (C=O) groups excluding carboxylic acids is 5. The van der Waals surface area contributed by atoms with Gasteiger partial charge in [-0.1, -0.05) is 0 Å². The molecule has 0 saturated heterocycles. The number of hydrogen-bond donors (Lipinski definition) is 13. The minimum Gasteiger partial charge on any atom is -0.481 e. The number of aliphatic hydroxyl groups excluding tert-OH is 2. The number of aromatic amines is 1. The van der Waals surface area contributed by atoms with Gasteiger partial charge in [0, 0.05) is 18.4 Å². The van der Waals surface area contributed by atoms with E-state index in [-0.39, 0.29) is 30.8 Å². The molecule has 0 radical (unpaired) electrons. The second-order valence-corrected chi connectivity index (χ2v) is 11.3. The molecule has 0 bridgehead atoms. The highest BCUT2D eigenvalue weighted by molar-refractivity contribution is 7.80. The standard InChI is InChI=1S/C27H45N9O11S/c1-12(37)20(26(45)34-17(7-14-9-30-11-31-14)25(44)36-21(13(2)38)27(46)47)35-23(42)16(5-3-4-6-28)32-24(43)18(8-19(39)40)33-22(41)15(29)10-48/h9,11-13,15-18,20-21,37-38,48H,3-8,10,28-29H2,1-2H3,(H,30,31)(H,32,43)(H,33,41)(H,34,45)(H,35,42)(H,36,44)(H,39,40)(H,46,47). The lowest BCUT2D eigenvalue weighted by Gasteiger charge is -2.28. The number of nitrogens with one attached hydrogen (secondary N) is 6. The van der Waals surface area contributed by atoms with Gasteiger partial charge in [-0.3, -0.25) is 28.8 Å². The monoisotopic (exact) mass is 703 g/mol. The number of aliphatic hydroxyl groups is 2. The van der Waals surface area contributed by atoms with Crippen molar-refractivity contribution >= 4 is 54.1 Å². The minimum absolute atomic E-state index is 0.0487. The summed E-state index contributed by atoms with van der Waals surface area (Å²) in [5.74, 6) is -8.10. The van der Waals surface area contributed by atoms with Crippen LogP contribution in [0.5, 0.6) is 0 Å². The van der Waals surface area contributed by atoms with Gasteiger partial charge in [0.25, 0.3) is 0 Å². The molecule has 0 saturated carbocycles. The van der Waals surface area contributed by atoms with Crippen LogP contribution in [-0.2, 0) is 40.0 Å². The molecule has 8 unspecified atom stereocenters. The van der Waals surface area contributed by atoms with Crippen LogP contribution < -0.4 is 38.1 Å². The van der Waals surface area contributed by atoms with Gasteiger partial charge in [0.1, 0.15) is 24.2 Å². The van der Waals surface area contributed by atoms with Crippen molar-refractivity contribution in [1.82, 2.24) is 36.6 Å². The molecule has 21 heteroatoms. The molecule has 48 heavy (non-hydrogen) atoms. The predicted octanol–water partition coefficient (Wildman–Crippen LogP) is -4.92. The van der Waals surface area contributed by atoms with Gasteiger partial charge in [0.05, 0.1) is 36.7 Å². The molecule has 5 amide bonds. The number of H-pyrrole nitrogens is 1. The van der Waals surface area contributed by atoms with Gasteiger partial charge in [-0.05, 0) is 39.7 Å². The van der Waals surface area contributed by atoms with Crippen LogP contribution in [0.25, 0.3) is 0 Å². The van der Waals surface area contributed by atoms with Crippen molar-refractivity contribution in [2.24, 2.45) is 11.5 Å². The molecule has 0 spiro atoms. The number of carboxylic acids is 2. The van der Waals surface area contributed by atoms with Crippen LogP contribution in [0.1, 0.15) is 45.2 Å². The maximum Gasteiger partial charge on any atom is 0.328 e. The molecule has 0 fully saturated rings. The van der Waals surface area contributed by atoms with Crippen molar-refractivity contribution < 1.29 is 54.0 Å². The first-order chi connectivity index (χ1) is 22.5. The summed E-state index contributed by atoms with van der Waals surface area (Å²) in [6.07, 6.45) is -0.844. The summed E-state index contributed by atoms with van der Waals surface area (Å²) in [6.45, 7) is 2.53. The Morgan fingerprint density at radius 1 is 0.812 bits per heavy atom. The van der Waals surface area contributed by atoms with Crippen molar-refractivity contribution in [3.8, 4) is 0 Å². The van der Waals surface area contributed by atoms with E-state index in [2.05, 4.69) is 49.2 Å². The molecule has 14 N–H and O–H groups in total. The molecular weight excluding hydrogens is 658 g/mol. The van der Waals surface area contributed by atoms with Crippen LogP contribution >= 0.6 is 12.6 Å². The van der Waals surface area contributed by atoms with Crippen molar-refractivity contribution in [2.75, 3.05) is 12.3 Å².